The Labute approximate surface area is 143 Å². The van der Waals surface area contributed by atoms with Crippen LogP contribution in [0.2, 0.25) is 5.02 Å². The molecule has 2 rings (SSSR count). The van der Waals surface area contributed by atoms with Gasteiger partial charge in [0.15, 0.2) is 6.10 Å². The predicted molar refractivity (Wildman–Crippen MR) is 88.8 cm³/mol. The number of nitrogens with zero attached hydrogens (tertiary/aromatic N) is 1. The van der Waals surface area contributed by atoms with Gasteiger partial charge in [0.05, 0.1) is 11.1 Å². The lowest BCUT2D eigenvalue weighted by molar-refractivity contribution is -0.129. The molecule has 1 unspecified atom stereocenters. The van der Waals surface area contributed by atoms with Crippen molar-refractivity contribution in [2.45, 2.75) is 50.7 Å². The second kappa shape index (κ2) is 7.34. The Hall–Kier alpha value is -1.25. The van der Waals surface area contributed by atoms with E-state index in [0.717, 1.165) is 23.7 Å². The van der Waals surface area contributed by atoms with E-state index < -0.39 is 11.6 Å². The SMILES string of the molecule is CC(Oc1ccc(Br)cc1Cl)C(=O)NC1(C#N)CCCCC1. The van der Waals surface area contributed by atoms with Crippen LogP contribution in [0.25, 0.3) is 0 Å². The summed E-state index contributed by atoms with van der Waals surface area (Å²) < 4.78 is 6.46. The Morgan fingerprint density at radius 3 is 2.73 bits per heavy atom. The van der Waals surface area contributed by atoms with Gasteiger partial charge in [0.1, 0.15) is 11.3 Å². The van der Waals surface area contributed by atoms with Crippen LogP contribution < -0.4 is 10.1 Å². The summed E-state index contributed by atoms with van der Waals surface area (Å²) in [5.41, 5.74) is -0.754. The molecule has 0 saturated heterocycles. The van der Waals surface area contributed by atoms with Crippen LogP contribution in [-0.4, -0.2) is 17.6 Å². The van der Waals surface area contributed by atoms with Crippen LogP contribution in [0.1, 0.15) is 39.0 Å². The molecule has 6 heteroatoms. The molecule has 1 aliphatic carbocycles. The second-order valence-corrected chi connectivity index (χ2v) is 6.90. The number of rotatable bonds is 4. The highest BCUT2D eigenvalue weighted by Gasteiger charge is 2.35. The van der Waals surface area contributed by atoms with Crippen LogP contribution in [0.15, 0.2) is 22.7 Å². The molecule has 0 radical (unpaired) electrons. The number of carbonyl (C=O) groups excluding carboxylic acids is 1. The Balaban J connectivity index is 2.01. The third-order valence-corrected chi connectivity index (χ3v) is 4.64. The zero-order chi connectivity index (χ0) is 16.2. The van der Waals surface area contributed by atoms with Gasteiger partial charge in [-0.25, -0.2) is 0 Å². The van der Waals surface area contributed by atoms with E-state index in [1.807, 2.05) is 0 Å². The molecule has 4 nitrogen and oxygen atoms in total. The van der Waals surface area contributed by atoms with E-state index in [0.29, 0.717) is 23.6 Å². The molecule has 1 fully saturated rings. The molecule has 1 aliphatic rings. The first-order valence-electron chi connectivity index (χ1n) is 7.31. The molecule has 0 bridgehead atoms. The lowest BCUT2D eigenvalue weighted by Crippen LogP contribution is -2.52. The molecule has 0 aliphatic heterocycles. The first kappa shape index (κ1) is 17.1. The molecule has 1 saturated carbocycles. The topological polar surface area (TPSA) is 62.1 Å². The second-order valence-electron chi connectivity index (χ2n) is 5.58. The molecule has 118 valence electrons. The van der Waals surface area contributed by atoms with E-state index in [1.165, 1.54) is 0 Å². The van der Waals surface area contributed by atoms with Crippen molar-refractivity contribution in [3.05, 3.63) is 27.7 Å². The van der Waals surface area contributed by atoms with E-state index >= 15 is 0 Å². The smallest absolute Gasteiger partial charge is 0.262 e. The predicted octanol–water partition coefficient (Wildman–Crippen LogP) is 4.21. The Morgan fingerprint density at radius 1 is 1.45 bits per heavy atom. The fourth-order valence-electron chi connectivity index (χ4n) is 2.57. The average Bonchev–Trinajstić information content (AvgIpc) is 2.51. The number of carbonyl (C=O) groups is 1. The lowest BCUT2D eigenvalue weighted by Gasteiger charge is -2.32. The first-order chi connectivity index (χ1) is 10.5. The number of nitrogens with one attached hydrogen (secondary N) is 1. The van der Waals surface area contributed by atoms with Crippen molar-refractivity contribution in [1.29, 1.82) is 5.26 Å². The normalized spacial score (nSPS) is 18.1. The van der Waals surface area contributed by atoms with Gasteiger partial charge in [0.25, 0.3) is 5.91 Å². The van der Waals surface area contributed by atoms with Crippen molar-refractivity contribution in [1.82, 2.24) is 5.32 Å². The number of nitriles is 1. The van der Waals surface area contributed by atoms with Crippen LogP contribution in [0.4, 0.5) is 0 Å². The highest BCUT2D eigenvalue weighted by molar-refractivity contribution is 9.10. The van der Waals surface area contributed by atoms with Gasteiger partial charge in [-0.3, -0.25) is 4.79 Å². The largest absolute Gasteiger partial charge is 0.479 e. The van der Waals surface area contributed by atoms with Crippen molar-refractivity contribution in [3.63, 3.8) is 0 Å². The molecule has 22 heavy (non-hydrogen) atoms. The Morgan fingerprint density at radius 2 is 2.14 bits per heavy atom. The summed E-state index contributed by atoms with van der Waals surface area (Å²) >= 11 is 9.40. The molecule has 1 amide bonds. The van der Waals surface area contributed by atoms with E-state index in [-0.39, 0.29) is 5.91 Å². The minimum absolute atomic E-state index is 0.289. The quantitative estimate of drug-likeness (QED) is 0.844. The van der Waals surface area contributed by atoms with Crippen molar-refractivity contribution in [2.24, 2.45) is 0 Å². The number of ether oxygens (including phenoxy) is 1. The van der Waals surface area contributed by atoms with Gasteiger partial charge < -0.3 is 10.1 Å². The number of hydrogen-bond donors (Lipinski definition) is 1. The fourth-order valence-corrected chi connectivity index (χ4v) is 3.29. The Kier molecular flexibility index (Phi) is 5.71. The van der Waals surface area contributed by atoms with Gasteiger partial charge in [0, 0.05) is 4.47 Å². The first-order valence-corrected chi connectivity index (χ1v) is 8.48. The number of benzene rings is 1. The maximum absolute atomic E-state index is 12.3. The van der Waals surface area contributed by atoms with E-state index in [2.05, 4.69) is 27.3 Å². The summed E-state index contributed by atoms with van der Waals surface area (Å²) in [5.74, 6) is 0.157. The summed E-state index contributed by atoms with van der Waals surface area (Å²) in [6, 6.07) is 7.47. The van der Waals surface area contributed by atoms with Gasteiger partial charge in [-0.2, -0.15) is 5.26 Å². The van der Waals surface area contributed by atoms with E-state index in [4.69, 9.17) is 16.3 Å². The van der Waals surface area contributed by atoms with Gasteiger partial charge >= 0.3 is 0 Å². The third-order valence-electron chi connectivity index (χ3n) is 3.85. The number of halogens is 2. The zero-order valence-corrected chi connectivity index (χ0v) is 14.7. The standard InChI is InChI=1S/C16H18BrClN2O2/c1-11(22-14-6-5-12(17)9-13(14)18)15(21)20-16(10-19)7-3-2-4-8-16/h5-6,9,11H,2-4,7-8H2,1H3,(H,20,21). The van der Waals surface area contributed by atoms with Crippen molar-refractivity contribution >= 4 is 33.4 Å². The van der Waals surface area contributed by atoms with Gasteiger partial charge in [0.2, 0.25) is 0 Å². The molecule has 1 aromatic carbocycles. The van der Waals surface area contributed by atoms with Crippen LogP contribution >= 0.6 is 27.5 Å². The molecule has 0 aromatic heterocycles. The van der Waals surface area contributed by atoms with Crippen LogP contribution in [-0.2, 0) is 4.79 Å². The van der Waals surface area contributed by atoms with Gasteiger partial charge in [-0.05, 0) is 38.0 Å². The molecular weight excluding hydrogens is 368 g/mol. The zero-order valence-electron chi connectivity index (χ0n) is 12.4. The average molecular weight is 386 g/mol. The molecule has 0 heterocycles. The van der Waals surface area contributed by atoms with E-state index in [9.17, 15) is 10.1 Å². The van der Waals surface area contributed by atoms with Gasteiger partial charge in [-0.1, -0.05) is 46.8 Å². The van der Waals surface area contributed by atoms with E-state index in [1.54, 1.807) is 25.1 Å². The maximum atomic E-state index is 12.3. The van der Waals surface area contributed by atoms with Gasteiger partial charge in [-0.15, -0.1) is 0 Å². The fraction of sp³-hybridized carbons (Fsp3) is 0.500. The van der Waals surface area contributed by atoms with Crippen molar-refractivity contribution in [3.8, 4) is 11.8 Å². The molecule has 1 aromatic rings. The minimum atomic E-state index is -0.754. The summed E-state index contributed by atoms with van der Waals surface area (Å²) in [4.78, 5) is 12.3. The minimum Gasteiger partial charge on any atom is -0.479 e. The molecule has 1 N–H and O–H groups in total. The lowest BCUT2D eigenvalue weighted by atomic mass is 9.83. The summed E-state index contributed by atoms with van der Waals surface area (Å²) in [6.45, 7) is 1.65. The summed E-state index contributed by atoms with van der Waals surface area (Å²) in [6.07, 6.45) is 3.70. The summed E-state index contributed by atoms with van der Waals surface area (Å²) in [5, 5.41) is 12.7. The highest BCUT2D eigenvalue weighted by Crippen LogP contribution is 2.30. The van der Waals surface area contributed by atoms with Crippen LogP contribution in [0, 0.1) is 11.3 Å². The monoisotopic (exact) mass is 384 g/mol. The van der Waals surface area contributed by atoms with Crippen molar-refractivity contribution < 1.29 is 9.53 Å². The molecule has 0 spiro atoms. The third kappa shape index (κ3) is 4.15. The van der Waals surface area contributed by atoms with Crippen LogP contribution in [0.3, 0.4) is 0 Å². The molecular formula is C16H18BrClN2O2. The van der Waals surface area contributed by atoms with Crippen molar-refractivity contribution in [2.75, 3.05) is 0 Å². The summed E-state index contributed by atoms with van der Waals surface area (Å²) in [7, 11) is 0. The van der Waals surface area contributed by atoms with Crippen LogP contribution in [0.5, 0.6) is 5.75 Å². The highest BCUT2D eigenvalue weighted by atomic mass is 79.9. The maximum Gasteiger partial charge on any atom is 0.262 e. The Bertz CT molecular complexity index is 594. The molecule has 1 atom stereocenters. The number of amides is 1. The number of hydrogen-bond acceptors (Lipinski definition) is 3.